The lowest BCUT2D eigenvalue weighted by Gasteiger charge is -2.26. The normalized spacial score (nSPS) is 16.2. The largest absolute Gasteiger partial charge is 0.493 e. The molecule has 0 spiro atoms. The van der Waals surface area contributed by atoms with E-state index >= 15 is 0 Å². The van der Waals surface area contributed by atoms with Crippen molar-refractivity contribution >= 4 is 0 Å². The molecule has 2 heteroatoms. The van der Waals surface area contributed by atoms with Crippen molar-refractivity contribution in [1.29, 1.82) is 0 Å². The Morgan fingerprint density at radius 1 is 0.792 bits per heavy atom. The summed E-state index contributed by atoms with van der Waals surface area (Å²) in [6, 6.07) is 28.0. The fraction of sp³-hybridized carbons (Fsp3) is 0.182. The molecule has 120 valence electrons. The van der Waals surface area contributed by atoms with E-state index in [2.05, 4.69) is 72.0 Å². The molecular weight excluding hydrogens is 294 g/mol. The van der Waals surface area contributed by atoms with E-state index in [9.17, 15) is 0 Å². The monoisotopic (exact) mass is 315 g/mol. The fourth-order valence-corrected chi connectivity index (χ4v) is 3.24. The van der Waals surface area contributed by atoms with Gasteiger partial charge < -0.3 is 10.1 Å². The van der Waals surface area contributed by atoms with Crippen molar-refractivity contribution in [2.75, 3.05) is 6.61 Å². The third-order valence-corrected chi connectivity index (χ3v) is 4.57. The maximum atomic E-state index is 5.73. The molecule has 3 aromatic rings. The average Bonchev–Trinajstić information content (AvgIpc) is 2.67. The molecule has 0 amide bonds. The van der Waals surface area contributed by atoms with Gasteiger partial charge in [-0.15, -0.1) is 0 Å². The van der Waals surface area contributed by atoms with Crippen molar-refractivity contribution in [3.05, 3.63) is 90.0 Å². The first-order chi connectivity index (χ1) is 11.9. The molecule has 0 saturated carbocycles. The molecule has 1 N–H and O–H groups in total. The zero-order chi connectivity index (χ0) is 16.2. The summed E-state index contributed by atoms with van der Waals surface area (Å²) in [4.78, 5) is 0. The van der Waals surface area contributed by atoms with Crippen molar-refractivity contribution < 1.29 is 4.74 Å². The van der Waals surface area contributed by atoms with Crippen LogP contribution in [0.3, 0.4) is 0 Å². The lowest BCUT2D eigenvalue weighted by atomic mass is 10.00. The standard InChI is InChI=1S/C22H21NO/c1-2-6-18(7-3-1)19-12-10-17(11-13-19)16-23-21-14-15-24-22-9-5-4-8-20(21)22/h1-13,21,23H,14-16H2/t21-/m1/s1. The van der Waals surface area contributed by atoms with Crippen LogP contribution in [0.2, 0.25) is 0 Å². The molecule has 0 aliphatic carbocycles. The van der Waals surface area contributed by atoms with Crippen molar-refractivity contribution in [2.24, 2.45) is 0 Å². The molecule has 0 unspecified atom stereocenters. The molecule has 1 atom stereocenters. The first kappa shape index (κ1) is 15.0. The smallest absolute Gasteiger partial charge is 0.124 e. The van der Waals surface area contributed by atoms with Crippen LogP contribution in [0.5, 0.6) is 5.75 Å². The molecule has 0 fully saturated rings. The first-order valence-electron chi connectivity index (χ1n) is 8.49. The predicted octanol–water partition coefficient (Wildman–Crippen LogP) is 4.97. The van der Waals surface area contributed by atoms with E-state index in [4.69, 9.17) is 4.74 Å². The van der Waals surface area contributed by atoms with Crippen molar-refractivity contribution in [2.45, 2.75) is 19.0 Å². The average molecular weight is 315 g/mol. The van der Waals surface area contributed by atoms with Crippen LogP contribution in [0.25, 0.3) is 11.1 Å². The van der Waals surface area contributed by atoms with Crippen LogP contribution in [0.15, 0.2) is 78.9 Å². The number of rotatable bonds is 4. The highest BCUT2D eigenvalue weighted by molar-refractivity contribution is 5.63. The molecule has 3 aromatic carbocycles. The minimum absolute atomic E-state index is 0.365. The van der Waals surface area contributed by atoms with E-state index in [1.807, 2.05) is 12.1 Å². The summed E-state index contributed by atoms with van der Waals surface area (Å²) >= 11 is 0. The Kier molecular flexibility index (Phi) is 4.30. The van der Waals surface area contributed by atoms with E-state index in [0.717, 1.165) is 25.3 Å². The minimum Gasteiger partial charge on any atom is -0.493 e. The highest BCUT2D eigenvalue weighted by Crippen LogP contribution is 2.31. The predicted molar refractivity (Wildman–Crippen MR) is 98.0 cm³/mol. The Morgan fingerprint density at radius 3 is 2.33 bits per heavy atom. The highest BCUT2D eigenvalue weighted by Gasteiger charge is 2.20. The van der Waals surface area contributed by atoms with Crippen LogP contribution >= 0.6 is 0 Å². The van der Waals surface area contributed by atoms with Crippen LogP contribution in [0.4, 0.5) is 0 Å². The number of nitrogens with one attached hydrogen (secondary N) is 1. The van der Waals surface area contributed by atoms with E-state index < -0.39 is 0 Å². The van der Waals surface area contributed by atoms with Crippen LogP contribution in [-0.4, -0.2) is 6.61 Å². The molecule has 0 bridgehead atoms. The first-order valence-corrected chi connectivity index (χ1v) is 8.49. The van der Waals surface area contributed by atoms with Gasteiger partial charge in [0.25, 0.3) is 0 Å². The molecule has 24 heavy (non-hydrogen) atoms. The van der Waals surface area contributed by atoms with Crippen molar-refractivity contribution in [1.82, 2.24) is 5.32 Å². The Balaban J connectivity index is 1.44. The Hall–Kier alpha value is -2.58. The minimum atomic E-state index is 0.365. The van der Waals surface area contributed by atoms with Crippen LogP contribution in [-0.2, 0) is 6.54 Å². The summed E-state index contributed by atoms with van der Waals surface area (Å²) < 4.78 is 5.73. The zero-order valence-corrected chi connectivity index (χ0v) is 13.6. The summed E-state index contributed by atoms with van der Waals surface area (Å²) in [5, 5.41) is 3.67. The Labute approximate surface area is 143 Å². The van der Waals surface area contributed by atoms with Gasteiger partial charge in [0, 0.05) is 24.6 Å². The van der Waals surface area contributed by atoms with E-state index in [1.165, 1.54) is 22.3 Å². The van der Waals surface area contributed by atoms with Gasteiger partial charge in [0.05, 0.1) is 6.61 Å². The van der Waals surface area contributed by atoms with E-state index in [-0.39, 0.29) is 0 Å². The van der Waals surface area contributed by atoms with E-state index in [1.54, 1.807) is 0 Å². The zero-order valence-electron chi connectivity index (χ0n) is 13.6. The SMILES string of the molecule is c1ccc(-c2ccc(CN[C@@H]3CCOc4ccccc43)cc2)cc1. The number of para-hydroxylation sites is 1. The number of fused-ring (bicyclic) bond motifs is 1. The molecule has 0 radical (unpaired) electrons. The van der Waals surface area contributed by atoms with Crippen LogP contribution in [0.1, 0.15) is 23.6 Å². The third kappa shape index (κ3) is 3.19. The Morgan fingerprint density at radius 2 is 1.50 bits per heavy atom. The van der Waals surface area contributed by atoms with Gasteiger partial charge in [-0.25, -0.2) is 0 Å². The quantitative estimate of drug-likeness (QED) is 0.734. The second-order valence-corrected chi connectivity index (χ2v) is 6.17. The maximum absolute atomic E-state index is 5.73. The van der Waals surface area contributed by atoms with Gasteiger partial charge in [0.15, 0.2) is 0 Å². The van der Waals surface area contributed by atoms with Gasteiger partial charge >= 0.3 is 0 Å². The molecule has 1 aliphatic heterocycles. The van der Waals surface area contributed by atoms with Gasteiger partial charge in [-0.1, -0.05) is 72.8 Å². The summed E-state index contributed by atoms with van der Waals surface area (Å²) in [5.41, 5.74) is 5.09. The van der Waals surface area contributed by atoms with Gasteiger partial charge in [-0.2, -0.15) is 0 Å². The van der Waals surface area contributed by atoms with Gasteiger partial charge in [0.2, 0.25) is 0 Å². The summed E-state index contributed by atoms with van der Waals surface area (Å²) in [5.74, 6) is 1.01. The van der Waals surface area contributed by atoms with Gasteiger partial charge in [-0.3, -0.25) is 0 Å². The lowest BCUT2D eigenvalue weighted by Crippen LogP contribution is -2.26. The molecular formula is C22H21NO. The third-order valence-electron chi connectivity index (χ3n) is 4.57. The lowest BCUT2D eigenvalue weighted by molar-refractivity contribution is 0.252. The number of hydrogen-bond donors (Lipinski definition) is 1. The van der Waals surface area contributed by atoms with Crippen LogP contribution < -0.4 is 10.1 Å². The highest BCUT2D eigenvalue weighted by atomic mass is 16.5. The number of hydrogen-bond acceptors (Lipinski definition) is 2. The van der Waals surface area contributed by atoms with Gasteiger partial charge in [-0.05, 0) is 22.8 Å². The molecule has 2 nitrogen and oxygen atoms in total. The second-order valence-electron chi connectivity index (χ2n) is 6.17. The van der Waals surface area contributed by atoms with Crippen molar-refractivity contribution in [3.8, 4) is 16.9 Å². The second kappa shape index (κ2) is 6.90. The molecule has 1 aliphatic rings. The molecule has 0 aromatic heterocycles. The number of ether oxygens (including phenoxy) is 1. The topological polar surface area (TPSA) is 21.3 Å². The van der Waals surface area contributed by atoms with Crippen molar-refractivity contribution in [3.63, 3.8) is 0 Å². The van der Waals surface area contributed by atoms with Gasteiger partial charge in [0.1, 0.15) is 5.75 Å². The summed E-state index contributed by atoms with van der Waals surface area (Å²) in [6.07, 6.45) is 1.01. The fourth-order valence-electron chi connectivity index (χ4n) is 3.24. The molecule has 1 heterocycles. The summed E-state index contributed by atoms with van der Waals surface area (Å²) in [7, 11) is 0. The van der Waals surface area contributed by atoms with Crippen LogP contribution in [0, 0.1) is 0 Å². The van der Waals surface area contributed by atoms with E-state index in [0.29, 0.717) is 6.04 Å². The maximum Gasteiger partial charge on any atom is 0.124 e. The Bertz CT molecular complexity index is 796. The summed E-state index contributed by atoms with van der Waals surface area (Å²) in [6.45, 7) is 1.65. The molecule has 0 saturated heterocycles. The number of benzene rings is 3. The molecule has 4 rings (SSSR count).